The Kier molecular flexibility index (Phi) is 33.2. The summed E-state index contributed by atoms with van der Waals surface area (Å²) in [6.45, 7) is 9.36. The van der Waals surface area contributed by atoms with Crippen molar-refractivity contribution in [3.8, 4) is 0 Å². The zero-order valence-corrected chi connectivity index (χ0v) is 27.8. The van der Waals surface area contributed by atoms with E-state index in [1.807, 2.05) is 0 Å². The summed E-state index contributed by atoms with van der Waals surface area (Å²) in [6, 6.07) is 0. The molecule has 0 amide bonds. The average Bonchev–Trinajstić information content (AvgIpc) is 2.93. The van der Waals surface area contributed by atoms with Crippen LogP contribution in [0.25, 0.3) is 0 Å². The van der Waals surface area contributed by atoms with Gasteiger partial charge in [0.1, 0.15) is 0 Å². The van der Waals surface area contributed by atoms with E-state index >= 15 is 0 Å². The second-order valence-electron chi connectivity index (χ2n) is 13.2. The molecule has 0 heteroatoms. The average molecular weight is 535 g/mol. The summed E-state index contributed by atoms with van der Waals surface area (Å²) in [6.07, 6.45) is 47.3. The number of hydrogen-bond donors (Lipinski definition) is 0. The Morgan fingerprint density at radius 2 is 0.368 bits per heavy atom. The molecule has 0 spiro atoms. The zero-order chi connectivity index (χ0) is 27.8. The van der Waals surface area contributed by atoms with Crippen molar-refractivity contribution in [3.63, 3.8) is 0 Å². The smallest absolute Gasteiger partial charge is 0.0386 e. The molecule has 0 radical (unpaired) electrons. The van der Waals surface area contributed by atoms with Gasteiger partial charge in [0.15, 0.2) is 0 Å². The van der Waals surface area contributed by atoms with E-state index in [9.17, 15) is 0 Å². The van der Waals surface area contributed by atoms with E-state index in [-0.39, 0.29) is 0 Å². The summed E-state index contributed by atoms with van der Waals surface area (Å²) in [5.74, 6) is 2.06. The van der Waals surface area contributed by atoms with Crippen molar-refractivity contribution < 1.29 is 0 Å². The number of rotatable bonds is 33. The minimum atomic E-state index is 1.03. The summed E-state index contributed by atoms with van der Waals surface area (Å²) < 4.78 is 0. The first-order valence-corrected chi connectivity index (χ1v) is 18.8. The van der Waals surface area contributed by atoms with Gasteiger partial charge in [-0.2, -0.15) is 0 Å². The van der Waals surface area contributed by atoms with Crippen LogP contribution in [0.2, 0.25) is 0 Å². The Balaban J connectivity index is 4.68. The lowest BCUT2D eigenvalue weighted by Gasteiger charge is -2.28. The fourth-order valence-corrected chi connectivity index (χ4v) is 6.69. The second-order valence-corrected chi connectivity index (χ2v) is 13.2. The zero-order valence-electron chi connectivity index (χ0n) is 27.8. The molecule has 0 aromatic carbocycles. The fourth-order valence-electron chi connectivity index (χ4n) is 6.69. The molecular weight excluding hydrogens is 456 g/mol. The molecule has 0 saturated carbocycles. The Bertz CT molecular complexity index is 361. The van der Waals surface area contributed by atoms with Gasteiger partial charge in [0.25, 0.3) is 0 Å². The Labute approximate surface area is 244 Å². The third kappa shape index (κ3) is 27.6. The Hall–Kier alpha value is 0. The molecule has 0 N–H and O–H groups in total. The summed E-state index contributed by atoms with van der Waals surface area (Å²) in [5.41, 5.74) is 0. The van der Waals surface area contributed by atoms with Crippen molar-refractivity contribution >= 4 is 0 Å². The molecule has 0 saturated heterocycles. The molecule has 230 valence electrons. The van der Waals surface area contributed by atoms with Crippen molar-refractivity contribution in [1.29, 1.82) is 0 Å². The van der Waals surface area contributed by atoms with Crippen LogP contribution in [0.4, 0.5) is 0 Å². The normalized spacial score (nSPS) is 13.3. The quantitative estimate of drug-likeness (QED) is 0.0734. The van der Waals surface area contributed by atoms with Gasteiger partial charge in [-0.25, -0.2) is 0 Å². The third-order valence-electron chi connectivity index (χ3n) is 9.38. The predicted octanol–water partition coefficient (Wildman–Crippen LogP) is 14.8. The van der Waals surface area contributed by atoms with Crippen molar-refractivity contribution in [2.24, 2.45) is 11.8 Å². The molecule has 38 heavy (non-hydrogen) atoms. The molecule has 0 nitrogen and oxygen atoms in total. The highest BCUT2D eigenvalue weighted by Gasteiger charge is 2.20. The van der Waals surface area contributed by atoms with Crippen molar-refractivity contribution in [2.75, 3.05) is 0 Å². The van der Waals surface area contributed by atoms with Crippen molar-refractivity contribution in [3.05, 3.63) is 0 Å². The molecule has 0 aliphatic rings. The maximum absolute atomic E-state index is 2.35. The van der Waals surface area contributed by atoms with E-state index in [1.54, 1.807) is 25.7 Å². The summed E-state index contributed by atoms with van der Waals surface area (Å²) in [4.78, 5) is 0. The molecular formula is C38H78. The molecule has 0 fully saturated rings. The third-order valence-corrected chi connectivity index (χ3v) is 9.38. The van der Waals surface area contributed by atoms with Gasteiger partial charge in [-0.15, -0.1) is 0 Å². The topological polar surface area (TPSA) is 0 Å². The molecule has 0 rings (SSSR count). The molecule has 0 aromatic heterocycles. The highest BCUT2D eigenvalue weighted by atomic mass is 14.3. The van der Waals surface area contributed by atoms with Gasteiger partial charge in [-0.05, 0) is 11.8 Å². The van der Waals surface area contributed by atoms with E-state index in [4.69, 9.17) is 0 Å². The maximum atomic E-state index is 2.35. The van der Waals surface area contributed by atoms with Gasteiger partial charge in [0, 0.05) is 0 Å². The standard InChI is InChI=1S/C38H78/c1-5-9-13-17-21-23-27-31-35-37(33-29-25-19-15-11-7-3)38(34-30-26-20-16-12-8-4)36-32-28-24-22-18-14-10-6-2/h37-38H,5-36H2,1-4H3. The second kappa shape index (κ2) is 33.2. The van der Waals surface area contributed by atoms with Crippen LogP contribution in [-0.4, -0.2) is 0 Å². The van der Waals surface area contributed by atoms with Gasteiger partial charge in [-0.1, -0.05) is 233 Å². The highest BCUT2D eigenvalue weighted by molar-refractivity contribution is 4.72. The van der Waals surface area contributed by atoms with E-state index in [2.05, 4.69) is 27.7 Å². The highest BCUT2D eigenvalue weighted by Crippen LogP contribution is 2.33. The largest absolute Gasteiger partial charge is 0.0654 e. The molecule has 0 aliphatic heterocycles. The van der Waals surface area contributed by atoms with Crippen molar-refractivity contribution in [2.45, 2.75) is 233 Å². The lowest BCUT2D eigenvalue weighted by atomic mass is 9.78. The van der Waals surface area contributed by atoms with E-state index in [1.165, 1.54) is 180 Å². The lowest BCUT2D eigenvalue weighted by molar-refractivity contribution is 0.236. The first kappa shape index (κ1) is 38.0. The van der Waals surface area contributed by atoms with Gasteiger partial charge >= 0.3 is 0 Å². The van der Waals surface area contributed by atoms with Crippen LogP contribution in [0.5, 0.6) is 0 Å². The molecule has 0 aliphatic carbocycles. The van der Waals surface area contributed by atoms with Crippen LogP contribution in [0.1, 0.15) is 233 Å². The first-order chi connectivity index (χ1) is 18.8. The molecule has 0 bridgehead atoms. The van der Waals surface area contributed by atoms with Crippen LogP contribution >= 0.6 is 0 Å². The summed E-state index contributed by atoms with van der Waals surface area (Å²) in [5, 5.41) is 0. The van der Waals surface area contributed by atoms with Gasteiger partial charge in [0.2, 0.25) is 0 Å². The van der Waals surface area contributed by atoms with E-state index < -0.39 is 0 Å². The molecule has 2 unspecified atom stereocenters. The SMILES string of the molecule is CCCCCCCCCCC(CCCCCCCC)C(CCCCCCCC)CCCCCCCCCC. The molecule has 0 aromatic rings. The Morgan fingerprint density at radius 1 is 0.211 bits per heavy atom. The van der Waals surface area contributed by atoms with E-state index in [0.717, 1.165) is 11.8 Å². The number of hydrogen-bond acceptors (Lipinski definition) is 0. The van der Waals surface area contributed by atoms with Crippen LogP contribution in [-0.2, 0) is 0 Å². The van der Waals surface area contributed by atoms with Gasteiger partial charge < -0.3 is 0 Å². The lowest BCUT2D eigenvalue weighted by Crippen LogP contribution is -2.16. The minimum Gasteiger partial charge on any atom is -0.0654 e. The van der Waals surface area contributed by atoms with Crippen LogP contribution in [0, 0.1) is 11.8 Å². The van der Waals surface area contributed by atoms with Gasteiger partial charge in [0.05, 0.1) is 0 Å². The Morgan fingerprint density at radius 3 is 0.553 bits per heavy atom. The number of unbranched alkanes of at least 4 members (excludes halogenated alkanes) is 24. The predicted molar refractivity (Wildman–Crippen MR) is 177 cm³/mol. The molecule has 0 heterocycles. The summed E-state index contributed by atoms with van der Waals surface area (Å²) in [7, 11) is 0. The van der Waals surface area contributed by atoms with Crippen LogP contribution < -0.4 is 0 Å². The summed E-state index contributed by atoms with van der Waals surface area (Å²) >= 11 is 0. The van der Waals surface area contributed by atoms with Gasteiger partial charge in [-0.3, -0.25) is 0 Å². The van der Waals surface area contributed by atoms with Crippen molar-refractivity contribution in [1.82, 2.24) is 0 Å². The first-order valence-electron chi connectivity index (χ1n) is 18.8. The molecule has 2 atom stereocenters. The van der Waals surface area contributed by atoms with Crippen LogP contribution in [0.3, 0.4) is 0 Å². The monoisotopic (exact) mass is 535 g/mol. The minimum absolute atomic E-state index is 1.03. The van der Waals surface area contributed by atoms with E-state index in [0.29, 0.717) is 0 Å². The van der Waals surface area contributed by atoms with Crippen LogP contribution in [0.15, 0.2) is 0 Å². The maximum Gasteiger partial charge on any atom is -0.0386 e. The fraction of sp³-hybridized carbons (Fsp3) is 1.00.